The van der Waals surface area contributed by atoms with Gasteiger partial charge in [-0.3, -0.25) is 14.9 Å². The Morgan fingerprint density at radius 3 is 2.56 bits per heavy atom. The molecule has 1 N–H and O–H groups in total. The number of aryl methyl sites for hydroxylation is 2. The zero-order valence-corrected chi connectivity index (χ0v) is 15.4. The zero-order chi connectivity index (χ0) is 20.0. The Hall–Kier alpha value is -3.13. The second-order valence-corrected chi connectivity index (χ2v) is 6.09. The number of non-ortho nitro benzene ring substituents is 1. The molecule has 0 aliphatic rings. The van der Waals surface area contributed by atoms with Gasteiger partial charge in [-0.05, 0) is 37.1 Å². The number of hydrogen-bond donors (Lipinski definition) is 1. The van der Waals surface area contributed by atoms with Crippen LogP contribution < -0.4 is 10.1 Å². The minimum absolute atomic E-state index is 0.00197. The van der Waals surface area contributed by atoms with Crippen molar-refractivity contribution in [3.8, 4) is 5.75 Å². The van der Waals surface area contributed by atoms with E-state index in [1.165, 1.54) is 12.1 Å². The van der Waals surface area contributed by atoms with Crippen LogP contribution in [0.15, 0.2) is 36.4 Å². The molecule has 0 saturated heterocycles. The van der Waals surface area contributed by atoms with Crippen molar-refractivity contribution in [1.29, 1.82) is 0 Å². The summed E-state index contributed by atoms with van der Waals surface area (Å²) in [6.45, 7) is 2.87. The number of carbonyl (C=O) groups is 2. The number of hydrogen-bond acceptors (Lipinski definition) is 6. The molecule has 0 aliphatic carbocycles. The summed E-state index contributed by atoms with van der Waals surface area (Å²) >= 11 is 5.88. The predicted octanol–water partition coefficient (Wildman–Crippen LogP) is 3.43. The summed E-state index contributed by atoms with van der Waals surface area (Å²) in [6, 6.07) is 9.20. The fraction of sp³-hybridized carbons (Fsp3) is 0.222. The Morgan fingerprint density at radius 2 is 1.89 bits per heavy atom. The number of halogens is 1. The van der Waals surface area contributed by atoms with Gasteiger partial charge in [-0.1, -0.05) is 23.7 Å². The quantitative estimate of drug-likeness (QED) is 0.439. The Bertz CT molecular complexity index is 884. The van der Waals surface area contributed by atoms with Gasteiger partial charge < -0.3 is 14.8 Å². The highest BCUT2D eigenvalue weighted by molar-refractivity contribution is 6.34. The van der Waals surface area contributed by atoms with Crippen LogP contribution >= 0.6 is 11.6 Å². The van der Waals surface area contributed by atoms with Gasteiger partial charge in [0, 0.05) is 12.1 Å². The standard InChI is InChI=1S/C18H17ClN2O6/c1-11-3-4-12(2)16(7-11)26-10-18(23)27-9-17(22)20-15-6-5-13(21(24)25)8-14(15)19/h3-8H,9-10H2,1-2H3,(H,20,22). The van der Waals surface area contributed by atoms with E-state index in [4.69, 9.17) is 21.1 Å². The third-order valence-corrected chi connectivity index (χ3v) is 3.80. The normalized spacial score (nSPS) is 10.2. The van der Waals surface area contributed by atoms with Crippen LogP contribution in [0.3, 0.4) is 0 Å². The fourth-order valence-corrected chi connectivity index (χ4v) is 2.31. The van der Waals surface area contributed by atoms with Crippen molar-refractivity contribution in [2.75, 3.05) is 18.5 Å². The molecule has 0 unspecified atom stereocenters. The summed E-state index contributed by atoms with van der Waals surface area (Å²) < 4.78 is 10.2. The number of nitrogens with one attached hydrogen (secondary N) is 1. The smallest absolute Gasteiger partial charge is 0.344 e. The van der Waals surface area contributed by atoms with E-state index >= 15 is 0 Å². The molecule has 2 rings (SSSR count). The highest BCUT2D eigenvalue weighted by Gasteiger charge is 2.13. The van der Waals surface area contributed by atoms with Crippen molar-refractivity contribution in [3.63, 3.8) is 0 Å². The van der Waals surface area contributed by atoms with Crippen molar-refractivity contribution >= 4 is 34.9 Å². The first-order valence-corrected chi connectivity index (χ1v) is 8.23. The Kier molecular flexibility index (Phi) is 6.73. The summed E-state index contributed by atoms with van der Waals surface area (Å²) in [7, 11) is 0. The number of nitro benzene ring substituents is 1. The topological polar surface area (TPSA) is 108 Å². The van der Waals surface area contributed by atoms with Crippen LogP contribution in [0.25, 0.3) is 0 Å². The summed E-state index contributed by atoms with van der Waals surface area (Å²) in [4.78, 5) is 33.6. The molecule has 0 saturated carbocycles. The van der Waals surface area contributed by atoms with Gasteiger partial charge in [-0.15, -0.1) is 0 Å². The van der Waals surface area contributed by atoms with E-state index in [2.05, 4.69) is 5.32 Å². The molecule has 0 atom stereocenters. The number of rotatable bonds is 7. The highest BCUT2D eigenvalue weighted by Crippen LogP contribution is 2.26. The number of nitrogens with zero attached hydrogens (tertiary/aromatic N) is 1. The molecule has 8 nitrogen and oxygen atoms in total. The average Bonchev–Trinajstić information content (AvgIpc) is 2.62. The maximum absolute atomic E-state index is 11.8. The molecule has 0 aliphatic heterocycles. The maximum Gasteiger partial charge on any atom is 0.344 e. The SMILES string of the molecule is Cc1ccc(C)c(OCC(=O)OCC(=O)Nc2ccc([N+](=O)[O-])cc2Cl)c1. The van der Waals surface area contributed by atoms with E-state index in [9.17, 15) is 19.7 Å². The summed E-state index contributed by atoms with van der Waals surface area (Å²) in [5.74, 6) is -0.777. The molecule has 0 spiro atoms. The molecule has 0 aromatic heterocycles. The lowest BCUT2D eigenvalue weighted by Gasteiger charge is -2.10. The largest absolute Gasteiger partial charge is 0.482 e. The number of ether oxygens (including phenoxy) is 2. The molecule has 0 fully saturated rings. The van der Waals surface area contributed by atoms with Gasteiger partial charge in [0.15, 0.2) is 13.2 Å². The van der Waals surface area contributed by atoms with Crippen molar-refractivity contribution in [1.82, 2.24) is 0 Å². The van der Waals surface area contributed by atoms with E-state index in [1.807, 2.05) is 26.0 Å². The van der Waals surface area contributed by atoms with Crippen LogP contribution in [-0.4, -0.2) is 30.0 Å². The first kappa shape index (κ1) is 20.2. The van der Waals surface area contributed by atoms with Crippen molar-refractivity contribution < 1.29 is 24.0 Å². The van der Waals surface area contributed by atoms with Crippen LogP contribution in [0.1, 0.15) is 11.1 Å². The van der Waals surface area contributed by atoms with Gasteiger partial charge in [0.05, 0.1) is 15.6 Å². The molecule has 0 radical (unpaired) electrons. The van der Waals surface area contributed by atoms with Crippen LogP contribution in [-0.2, 0) is 14.3 Å². The summed E-state index contributed by atoms with van der Waals surface area (Å²) in [5, 5.41) is 13.1. The van der Waals surface area contributed by atoms with Crippen LogP contribution in [0.5, 0.6) is 5.75 Å². The number of esters is 1. The lowest BCUT2D eigenvalue weighted by Crippen LogP contribution is -2.23. The number of carbonyl (C=O) groups excluding carboxylic acids is 2. The van der Waals surface area contributed by atoms with Gasteiger partial charge in [-0.25, -0.2) is 4.79 Å². The maximum atomic E-state index is 11.8. The fourth-order valence-electron chi connectivity index (χ4n) is 2.09. The average molecular weight is 393 g/mol. The van der Waals surface area contributed by atoms with E-state index in [-0.39, 0.29) is 23.0 Å². The van der Waals surface area contributed by atoms with Gasteiger partial charge in [-0.2, -0.15) is 0 Å². The minimum Gasteiger partial charge on any atom is -0.482 e. The predicted molar refractivity (Wildman–Crippen MR) is 99.1 cm³/mol. The van der Waals surface area contributed by atoms with E-state index < -0.39 is 23.4 Å². The van der Waals surface area contributed by atoms with Gasteiger partial charge in [0.25, 0.3) is 11.6 Å². The molecular weight excluding hydrogens is 376 g/mol. The van der Waals surface area contributed by atoms with Crippen LogP contribution in [0.2, 0.25) is 5.02 Å². The van der Waals surface area contributed by atoms with Crippen molar-refractivity contribution in [2.24, 2.45) is 0 Å². The Morgan fingerprint density at radius 1 is 1.15 bits per heavy atom. The number of benzene rings is 2. The number of amides is 1. The van der Waals surface area contributed by atoms with Crippen LogP contribution in [0, 0.1) is 24.0 Å². The van der Waals surface area contributed by atoms with E-state index in [0.29, 0.717) is 5.75 Å². The third kappa shape index (κ3) is 5.96. The molecular formula is C18H17ClN2O6. The minimum atomic E-state index is -0.708. The van der Waals surface area contributed by atoms with Crippen molar-refractivity contribution in [2.45, 2.75) is 13.8 Å². The van der Waals surface area contributed by atoms with Gasteiger partial charge in [0.2, 0.25) is 0 Å². The molecule has 27 heavy (non-hydrogen) atoms. The molecule has 0 bridgehead atoms. The highest BCUT2D eigenvalue weighted by atomic mass is 35.5. The molecule has 1 amide bonds. The molecule has 0 heterocycles. The number of anilines is 1. The molecule has 142 valence electrons. The van der Waals surface area contributed by atoms with Crippen LogP contribution in [0.4, 0.5) is 11.4 Å². The monoisotopic (exact) mass is 392 g/mol. The third-order valence-electron chi connectivity index (χ3n) is 3.49. The number of nitro groups is 1. The molecule has 2 aromatic carbocycles. The second-order valence-electron chi connectivity index (χ2n) is 5.69. The van der Waals surface area contributed by atoms with E-state index in [0.717, 1.165) is 17.2 Å². The Balaban J connectivity index is 1.82. The molecule has 2 aromatic rings. The van der Waals surface area contributed by atoms with Gasteiger partial charge in [0.1, 0.15) is 5.75 Å². The lowest BCUT2D eigenvalue weighted by atomic mass is 10.1. The first-order valence-electron chi connectivity index (χ1n) is 7.85. The summed E-state index contributed by atoms with van der Waals surface area (Å²) in [5.41, 5.74) is 1.84. The molecule has 9 heteroatoms. The first-order chi connectivity index (χ1) is 12.8. The van der Waals surface area contributed by atoms with Gasteiger partial charge >= 0.3 is 5.97 Å². The van der Waals surface area contributed by atoms with E-state index in [1.54, 1.807) is 6.07 Å². The second kappa shape index (κ2) is 9.00. The lowest BCUT2D eigenvalue weighted by molar-refractivity contribution is -0.384. The zero-order valence-electron chi connectivity index (χ0n) is 14.7. The Labute approximate surface area is 160 Å². The summed E-state index contributed by atoms with van der Waals surface area (Å²) in [6.07, 6.45) is 0. The van der Waals surface area contributed by atoms with Crippen molar-refractivity contribution in [3.05, 3.63) is 62.7 Å².